The van der Waals surface area contributed by atoms with Crippen LogP contribution in [0.3, 0.4) is 0 Å². The maximum atomic E-state index is 5.79. The number of benzene rings is 1. The van der Waals surface area contributed by atoms with Crippen molar-refractivity contribution < 1.29 is 4.74 Å². The molecule has 1 aromatic rings. The molecule has 2 aliphatic heterocycles. The van der Waals surface area contributed by atoms with Crippen molar-refractivity contribution in [1.29, 1.82) is 0 Å². The Morgan fingerprint density at radius 2 is 2.11 bits per heavy atom. The first-order valence-corrected chi connectivity index (χ1v) is 7.44. The zero-order valence-corrected chi connectivity index (χ0v) is 11.8. The SMILES string of the molecule is CN(C1CCCNCC1)C1COCc2ccccc21. The van der Waals surface area contributed by atoms with E-state index < -0.39 is 0 Å². The van der Waals surface area contributed by atoms with Crippen molar-refractivity contribution in [2.45, 2.75) is 38.0 Å². The van der Waals surface area contributed by atoms with E-state index in [0.29, 0.717) is 12.1 Å². The minimum Gasteiger partial charge on any atom is -0.375 e. The molecular formula is C16H24N2O. The Morgan fingerprint density at radius 3 is 3.05 bits per heavy atom. The third kappa shape index (κ3) is 2.83. The lowest BCUT2D eigenvalue weighted by Crippen LogP contribution is -2.39. The molecule has 0 aromatic heterocycles. The highest BCUT2D eigenvalue weighted by Crippen LogP contribution is 2.31. The van der Waals surface area contributed by atoms with Crippen LogP contribution in [0.15, 0.2) is 24.3 Å². The van der Waals surface area contributed by atoms with Gasteiger partial charge in [-0.05, 0) is 50.5 Å². The van der Waals surface area contributed by atoms with Gasteiger partial charge in [-0.25, -0.2) is 0 Å². The van der Waals surface area contributed by atoms with Crippen LogP contribution in [0.5, 0.6) is 0 Å². The molecule has 2 atom stereocenters. The number of nitrogens with zero attached hydrogens (tertiary/aromatic N) is 1. The Labute approximate surface area is 115 Å². The Morgan fingerprint density at radius 1 is 1.21 bits per heavy atom. The molecule has 0 bridgehead atoms. The molecule has 3 heteroatoms. The normalized spacial score (nSPS) is 27.9. The van der Waals surface area contributed by atoms with Gasteiger partial charge in [0.15, 0.2) is 0 Å². The highest BCUT2D eigenvalue weighted by atomic mass is 16.5. The zero-order valence-electron chi connectivity index (χ0n) is 11.8. The van der Waals surface area contributed by atoms with Crippen molar-refractivity contribution in [2.24, 2.45) is 0 Å². The number of likely N-dealkylation sites (N-methyl/N-ethyl adjacent to an activating group) is 1. The first-order valence-electron chi connectivity index (χ1n) is 7.44. The van der Waals surface area contributed by atoms with Crippen LogP contribution in [0.2, 0.25) is 0 Å². The molecule has 0 aliphatic carbocycles. The average molecular weight is 260 g/mol. The third-order valence-corrected chi connectivity index (χ3v) is 4.56. The van der Waals surface area contributed by atoms with Gasteiger partial charge in [0.25, 0.3) is 0 Å². The largest absolute Gasteiger partial charge is 0.375 e. The van der Waals surface area contributed by atoms with E-state index in [4.69, 9.17) is 4.74 Å². The number of hydrogen-bond acceptors (Lipinski definition) is 3. The average Bonchev–Trinajstić information content (AvgIpc) is 2.75. The monoisotopic (exact) mass is 260 g/mol. The Bertz CT molecular complexity index is 413. The van der Waals surface area contributed by atoms with Crippen LogP contribution in [0.25, 0.3) is 0 Å². The molecule has 1 saturated heterocycles. The van der Waals surface area contributed by atoms with Crippen molar-refractivity contribution in [3.8, 4) is 0 Å². The van der Waals surface area contributed by atoms with E-state index in [9.17, 15) is 0 Å². The molecule has 3 rings (SSSR count). The summed E-state index contributed by atoms with van der Waals surface area (Å²) >= 11 is 0. The van der Waals surface area contributed by atoms with Crippen LogP contribution in [-0.2, 0) is 11.3 Å². The number of nitrogens with one attached hydrogen (secondary N) is 1. The molecule has 1 N–H and O–H groups in total. The molecule has 0 radical (unpaired) electrons. The fourth-order valence-electron chi connectivity index (χ4n) is 3.36. The molecule has 2 unspecified atom stereocenters. The molecule has 1 fully saturated rings. The number of fused-ring (bicyclic) bond motifs is 1. The molecule has 104 valence electrons. The molecule has 2 aliphatic rings. The highest BCUT2D eigenvalue weighted by Gasteiger charge is 2.28. The van der Waals surface area contributed by atoms with Crippen molar-refractivity contribution >= 4 is 0 Å². The predicted octanol–water partition coefficient (Wildman–Crippen LogP) is 2.33. The fourth-order valence-corrected chi connectivity index (χ4v) is 3.36. The van der Waals surface area contributed by atoms with Crippen LogP contribution in [0, 0.1) is 0 Å². The second-order valence-corrected chi connectivity index (χ2v) is 5.73. The summed E-state index contributed by atoms with van der Waals surface area (Å²) < 4.78 is 5.79. The van der Waals surface area contributed by atoms with Crippen LogP contribution in [-0.4, -0.2) is 37.7 Å². The lowest BCUT2D eigenvalue weighted by Gasteiger charge is -2.38. The van der Waals surface area contributed by atoms with Crippen LogP contribution in [0.4, 0.5) is 0 Å². The summed E-state index contributed by atoms with van der Waals surface area (Å²) in [6.45, 7) is 3.91. The minimum atomic E-state index is 0.424. The van der Waals surface area contributed by atoms with Gasteiger partial charge in [0, 0.05) is 6.04 Å². The van der Waals surface area contributed by atoms with Crippen molar-refractivity contribution in [1.82, 2.24) is 10.2 Å². The lowest BCUT2D eigenvalue weighted by atomic mass is 9.95. The van der Waals surface area contributed by atoms with Crippen LogP contribution in [0.1, 0.15) is 36.4 Å². The second kappa shape index (κ2) is 6.04. The van der Waals surface area contributed by atoms with Gasteiger partial charge in [-0.1, -0.05) is 24.3 Å². The summed E-state index contributed by atoms with van der Waals surface area (Å²) in [4.78, 5) is 2.55. The maximum absolute atomic E-state index is 5.79. The summed E-state index contributed by atoms with van der Waals surface area (Å²) in [5.74, 6) is 0. The third-order valence-electron chi connectivity index (χ3n) is 4.56. The molecular weight excluding hydrogens is 236 g/mol. The summed E-state index contributed by atoms with van der Waals surface area (Å²) in [5, 5.41) is 3.50. The van der Waals surface area contributed by atoms with Gasteiger partial charge in [0.2, 0.25) is 0 Å². The van der Waals surface area contributed by atoms with E-state index in [-0.39, 0.29) is 0 Å². The molecule has 0 spiro atoms. The summed E-state index contributed by atoms with van der Waals surface area (Å²) in [6.07, 6.45) is 3.82. The van der Waals surface area contributed by atoms with E-state index in [1.165, 1.54) is 36.9 Å². The number of ether oxygens (including phenoxy) is 1. The van der Waals surface area contributed by atoms with E-state index in [1.807, 2.05) is 0 Å². The maximum Gasteiger partial charge on any atom is 0.0721 e. The van der Waals surface area contributed by atoms with Crippen LogP contribution >= 0.6 is 0 Å². The van der Waals surface area contributed by atoms with Gasteiger partial charge in [0.1, 0.15) is 0 Å². The van der Waals surface area contributed by atoms with Gasteiger partial charge in [-0.3, -0.25) is 4.90 Å². The van der Waals surface area contributed by atoms with Crippen molar-refractivity contribution in [3.63, 3.8) is 0 Å². The summed E-state index contributed by atoms with van der Waals surface area (Å²) in [6, 6.07) is 9.83. The van der Waals surface area contributed by atoms with Gasteiger partial charge >= 0.3 is 0 Å². The fraction of sp³-hybridized carbons (Fsp3) is 0.625. The van der Waals surface area contributed by atoms with E-state index in [1.54, 1.807) is 0 Å². The molecule has 3 nitrogen and oxygen atoms in total. The first-order chi connectivity index (χ1) is 9.36. The Kier molecular flexibility index (Phi) is 4.16. The smallest absolute Gasteiger partial charge is 0.0721 e. The Balaban J connectivity index is 1.78. The minimum absolute atomic E-state index is 0.424. The molecule has 2 heterocycles. The van der Waals surface area contributed by atoms with Gasteiger partial charge in [-0.15, -0.1) is 0 Å². The summed E-state index contributed by atoms with van der Waals surface area (Å²) in [5.41, 5.74) is 2.82. The molecule has 19 heavy (non-hydrogen) atoms. The number of hydrogen-bond donors (Lipinski definition) is 1. The van der Waals surface area contributed by atoms with E-state index in [0.717, 1.165) is 19.8 Å². The summed E-state index contributed by atoms with van der Waals surface area (Å²) in [7, 11) is 2.27. The highest BCUT2D eigenvalue weighted by molar-refractivity contribution is 5.31. The second-order valence-electron chi connectivity index (χ2n) is 5.73. The van der Waals surface area contributed by atoms with Crippen molar-refractivity contribution in [3.05, 3.63) is 35.4 Å². The predicted molar refractivity (Wildman–Crippen MR) is 77.1 cm³/mol. The van der Waals surface area contributed by atoms with E-state index in [2.05, 4.69) is 41.5 Å². The molecule has 0 amide bonds. The van der Waals surface area contributed by atoms with Crippen molar-refractivity contribution in [2.75, 3.05) is 26.7 Å². The lowest BCUT2D eigenvalue weighted by molar-refractivity contribution is 0.0239. The van der Waals surface area contributed by atoms with Crippen LogP contribution < -0.4 is 5.32 Å². The topological polar surface area (TPSA) is 24.5 Å². The first kappa shape index (κ1) is 13.1. The van der Waals surface area contributed by atoms with Gasteiger partial charge in [-0.2, -0.15) is 0 Å². The Hall–Kier alpha value is -0.900. The molecule has 0 saturated carbocycles. The molecule has 1 aromatic carbocycles. The van der Waals surface area contributed by atoms with Gasteiger partial charge in [0.05, 0.1) is 19.3 Å². The van der Waals surface area contributed by atoms with Gasteiger partial charge < -0.3 is 10.1 Å². The van der Waals surface area contributed by atoms with E-state index >= 15 is 0 Å². The number of rotatable bonds is 2. The quantitative estimate of drug-likeness (QED) is 0.883. The standard InChI is InChI=1S/C16H24N2O/c1-18(14-6-4-9-17-10-8-14)16-12-19-11-13-5-2-3-7-15(13)16/h2-3,5,7,14,16-17H,4,6,8-12H2,1H3. The zero-order chi connectivity index (χ0) is 13.1.